The van der Waals surface area contributed by atoms with Crippen molar-refractivity contribution >= 4 is 44.4 Å². The SMILES string of the molecule is Cc1ccc2oc(C(=O)CSc3cccc(Br)c3)cc2c1. The third-order valence-corrected chi connectivity index (χ3v) is 4.60. The summed E-state index contributed by atoms with van der Waals surface area (Å²) in [6, 6.07) is 15.7. The lowest BCUT2D eigenvalue weighted by Crippen LogP contribution is -2.00. The van der Waals surface area contributed by atoms with Crippen LogP contribution in [-0.4, -0.2) is 11.5 Å². The Morgan fingerprint density at radius 2 is 2.05 bits per heavy atom. The van der Waals surface area contributed by atoms with Crippen molar-refractivity contribution in [2.75, 3.05) is 5.75 Å². The topological polar surface area (TPSA) is 30.2 Å². The van der Waals surface area contributed by atoms with Gasteiger partial charge in [0.2, 0.25) is 5.78 Å². The normalized spacial score (nSPS) is 11.0. The summed E-state index contributed by atoms with van der Waals surface area (Å²) in [6.07, 6.45) is 0. The summed E-state index contributed by atoms with van der Waals surface area (Å²) in [5.74, 6) is 0.807. The number of fused-ring (bicyclic) bond motifs is 1. The number of hydrogen-bond donors (Lipinski definition) is 0. The number of furan rings is 1. The van der Waals surface area contributed by atoms with Crippen LogP contribution >= 0.6 is 27.7 Å². The van der Waals surface area contributed by atoms with Gasteiger partial charge in [0.1, 0.15) is 5.58 Å². The summed E-state index contributed by atoms with van der Waals surface area (Å²) in [6.45, 7) is 2.02. The van der Waals surface area contributed by atoms with Crippen molar-refractivity contribution in [1.29, 1.82) is 0 Å². The summed E-state index contributed by atoms with van der Waals surface area (Å²) >= 11 is 4.94. The fourth-order valence-corrected chi connectivity index (χ4v) is 3.45. The Balaban J connectivity index is 1.74. The number of benzene rings is 2. The average Bonchev–Trinajstić information content (AvgIpc) is 2.88. The van der Waals surface area contributed by atoms with Gasteiger partial charge in [-0.05, 0) is 43.3 Å². The van der Waals surface area contributed by atoms with Crippen molar-refractivity contribution in [2.24, 2.45) is 0 Å². The molecule has 3 rings (SSSR count). The molecule has 21 heavy (non-hydrogen) atoms. The number of Topliss-reactive ketones (excluding diaryl/α,β-unsaturated/α-hetero) is 1. The zero-order chi connectivity index (χ0) is 14.8. The first-order chi connectivity index (χ1) is 10.1. The highest BCUT2D eigenvalue weighted by molar-refractivity contribution is 9.10. The molecule has 3 aromatic rings. The molecule has 0 fully saturated rings. The van der Waals surface area contributed by atoms with Crippen molar-refractivity contribution in [2.45, 2.75) is 11.8 Å². The van der Waals surface area contributed by atoms with Gasteiger partial charge in [0, 0.05) is 14.8 Å². The van der Waals surface area contributed by atoms with Crippen LogP contribution in [0.25, 0.3) is 11.0 Å². The quantitative estimate of drug-likeness (QED) is 0.455. The van der Waals surface area contributed by atoms with E-state index in [2.05, 4.69) is 15.9 Å². The highest BCUT2D eigenvalue weighted by Crippen LogP contribution is 2.25. The number of rotatable bonds is 4. The highest BCUT2D eigenvalue weighted by atomic mass is 79.9. The van der Waals surface area contributed by atoms with Crippen LogP contribution in [0.15, 0.2) is 62.3 Å². The molecule has 0 radical (unpaired) electrons. The second-order valence-electron chi connectivity index (χ2n) is 4.82. The summed E-state index contributed by atoms with van der Waals surface area (Å²) in [7, 11) is 0. The predicted octanol–water partition coefficient (Wildman–Crippen LogP) is 5.48. The van der Waals surface area contributed by atoms with Crippen LogP contribution in [0.2, 0.25) is 0 Å². The van der Waals surface area contributed by atoms with Gasteiger partial charge in [-0.3, -0.25) is 4.79 Å². The zero-order valence-corrected chi connectivity index (χ0v) is 13.8. The lowest BCUT2D eigenvalue weighted by molar-refractivity contribution is 0.0994. The van der Waals surface area contributed by atoms with E-state index in [0.29, 0.717) is 11.5 Å². The maximum absolute atomic E-state index is 12.2. The molecule has 0 unspecified atom stereocenters. The van der Waals surface area contributed by atoms with Crippen LogP contribution in [-0.2, 0) is 0 Å². The van der Waals surface area contributed by atoms with E-state index in [-0.39, 0.29) is 5.78 Å². The fraction of sp³-hybridized carbons (Fsp3) is 0.118. The monoisotopic (exact) mass is 360 g/mol. The first-order valence-electron chi connectivity index (χ1n) is 6.53. The van der Waals surface area contributed by atoms with Crippen LogP contribution in [0.3, 0.4) is 0 Å². The number of carbonyl (C=O) groups excluding carboxylic acids is 1. The molecule has 0 atom stereocenters. The number of aryl methyl sites for hydroxylation is 1. The maximum atomic E-state index is 12.2. The van der Waals surface area contributed by atoms with Crippen LogP contribution in [0.5, 0.6) is 0 Å². The van der Waals surface area contributed by atoms with Gasteiger partial charge in [-0.15, -0.1) is 11.8 Å². The van der Waals surface area contributed by atoms with Crippen molar-refractivity contribution in [1.82, 2.24) is 0 Å². The minimum atomic E-state index is 0.00817. The largest absolute Gasteiger partial charge is 0.453 e. The lowest BCUT2D eigenvalue weighted by Gasteiger charge is -2.00. The number of ketones is 1. The van der Waals surface area contributed by atoms with Gasteiger partial charge in [0.15, 0.2) is 5.76 Å². The Morgan fingerprint density at radius 3 is 2.86 bits per heavy atom. The first-order valence-corrected chi connectivity index (χ1v) is 8.31. The third-order valence-electron chi connectivity index (χ3n) is 3.11. The van der Waals surface area contributed by atoms with E-state index in [1.165, 1.54) is 11.8 Å². The summed E-state index contributed by atoms with van der Waals surface area (Å²) in [4.78, 5) is 13.3. The molecule has 0 aliphatic carbocycles. The smallest absolute Gasteiger partial charge is 0.208 e. The number of carbonyl (C=O) groups is 1. The second-order valence-corrected chi connectivity index (χ2v) is 6.79. The Kier molecular flexibility index (Phi) is 4.17. The van der Waals surface area contributed by atoms with E-state index < -0.39 is 0 Å². The molecular weight excluding hydrogens is 348 g/mol. The molecule has 0 saturated heterocycles. The Bertz CT molecular complexity index is 807. The molecule has 0 saturated carbocycles. The molecule has 0 amide bonds. The van der Waals surface area contributed by atoms with E-state index in [1.54, 1.807) is 0 Å². The lowest BCUT2D eigenvalue weighted by atomic mass is 10.2. The van der Waals surface area contributed by atoms with Crippen LogP contribution in [0.4, 0.5) is 0 Å². The Morgan fingerprint density at radius 1 is 1.19 bits per heavy atom. The summed E-state index contributed by atoms with van der Waals surface area (Å²) in [5, 5.41) is 0.978. The number of thioether (sulfide) groups is 1. The van der Waals surface area contributed by atoms with Gasteiger partial charge >= 0.3 is 0 Å². The van der Waals surface area contributed by atoms with E-state index >= 15 is 0 Å². The Hall–Kier alpha value is -1.52. The van der Waals surface area contributed by atoms with Crippen molar-refractivity contribution < 1.29 is 9.21 Å². The molecule has 0 aliphatic heterocycles. The second kappa shape index (κ2) is 6.08. The van der Waals surface area contributed by atoms with Gasteiger partial charge in [-0.25, -0.2) is 0 Å². The molecule has 1 aromatic heterocycles. The fourth-order valence-electron chi connectivity index (χ4n) is 2.08. The minimum Gasteiger partial charge on any atom is -0.453 e. The summed E-state index contributed by atoms with van der Waals surface area (Å²) < 4.78 is 6.64. The molecule has 0 aliphatic rings. The molecule has 4 heteroatoms. The van der Waals surface area contributed by atoms with Crippen molar-refractivity contribution in [3.63, 3.8) is 0 Å². The molecule has 2 nitrogen and oxygen atoms in total. The van der Waals surface area contributed by atoms with Crippen molar-refractivity contribution in [3.8, 4) is 0 Å². The number of hydrogen-bond acceptors (Lipinski definition) is 3. The van der Waals surface area contributed by atoms with Gasteiger partial charge in [0.25, 0.3) is 0 Å². The summed E-state index contributed by atoms with van der Waals surface area (Å²) in [5.41, 5.74) is 1.92. The van der Waals surface area contributed by atoms with E-state index in [4.69, 9.17) is 4.42 Å². The van der Waals surface area contributed by atoms with Gasteiger partial charge in [-0.2, -0.15) is 0 Å². The third kappa shape index (κ3) is 3.39. The number of halogens is 1. The molecule has 1 heterocycles. The molecule has 2 aromatic carbocycles. The van der Waals surface area contributed by atoms with Gasteiger partial charge in [0.05, 0.1) is 5.75 Å². The molecule has 106 valence electrons. The highest BCUT2D eigenvalue weighted by Gasteiger charge is 2.13. The molecule has 0 N–H and O–H groups in total. The molecule has 0 bridgehead atoms. The van der Waals surface area contributed by atoms with Crippen LogP contribution < -0.4 is 0 Å². The Labute approximate surface area is 135 Å². The van der Waals surface area contributed by atoms with Crippen LogP contribution in [0.1, 0.15) is 16.1 Å². The zero-order valence-electron chi connectivity index (χ0n) is 11.4. The first kappa shape index (κ1) is 14.4. The van der Waals surface area contributed by atoms with E-state index in [1.807, 2.05) is 55.5 Å². The molecule has 0 spiro atoms. The molecular formula is C17H13BrO2S. The maximum Gasteiger partial charge on any atom is 0.208 e. The average molecular weight is 361 g/mol. The predicted molar refractivity (Wildman–Crippen MR) is 90.1 cm³/mol. The van der Waals surface area contributed by atoms with Gasteiger partial charge < -0.3 is 4.42 Å². The van der Waals surface area contributed by atoms with Crippen LogP contribution in [0, 0.1) is 6.92 Å². The van der Waals surface area contributed by atoms with Gasteiger partial charge in [-0.1, -0.05) is 33.6 Å². The van der Waals surface area contributed by atoms with E-state index in [0.717, 1.165) is 25.9 Å². The minimum absolute atomic E-state index is 0.00817. The van der Waals surface area contributed by atoms with Crippen molar-refractivity contribution in [3.05, 3.63) is 64.3 Å². The standard InChI is InChI=1S/C17H13BrO2S/c1-11-5-6-16-12(7-11)8-17(20-16)15(19)10-21-14-4-2-3-13(18)9-14/h2-9H,10H2,1H3. The van der Waals surface area contributed by atoms with E-state index in [9.17, 15) is 4.79 Å².